The second-order valence-electron chi connectivity index (χ2n) is 4.85. The van der Waals surface area contributed by atoms with Gasteiger partial charge in [-0.1, -0.05) is 18.6 Å². The molecule has 86 valence electrons. The lowest BCUT2D eigenvalue weighted by Crippen LogP contribution is -2.32. The SMILES string of the molecule is CCNC1CCN(CCC2=CCCC2)C1. The maximum atomic E-state index is 3.55. The van der Waals surface area contributed by atoms with Crippen molar-refractivity contribution in [1.82, 2.24) is 10.2 Å². The van der Waals surface area contributed by atoms with Crippen molar-refractivity contribution in [2.45, 2.75) is 45.1 Å². The van der Waals surface area contributed by atoms with Gasteiger partial charge in [-0.3, -0.25) is 0 Å². The summed E-state index contributed by atoms with van der Waals surface area (Å²) in [6.45, 7) is 7.16. The molecule has 1 N–H and O–H groups in total. The van der Waals surface area contributed by atoms with Gasteiger partial charge in [0, 0.05) is 19.1 Å². The number of likely N-dealkylation sites (N-methyl/N-ethyl adjacent to an activating group) is 1. The molecule has 1 aliphatic heterocycles. The van der Waals surface area contributed by atoms with Gasteiger partial charge in [0.25, 0.3) is 0 Å². The third-order valence-electron chi connectivity index (χ3n) is 3.65. The Balaban J connectivity index is 1.64. The average Bonchev–Trinajstić information content (AvgIpc) is 2.85. The summed E-state index contributed by atoms with van der Waals surface area (Å²) in [5.74, 6) is 0. The topological polar surface area (TPSA) is 15.3 Å². The van der Waals surface area contributed by atoms with E-state index >= 15 is 0 Å². The lowest BCUT2D eigenvalue weighted by molar-refractivity contribution is 0.331. The molecule has 15 heavy (non-hydrogen) atoms. The molecule has 1 saturated heterocycles. The van der Waals surface area contributed by atoms with E-state index in [1.807, 2.05) is 0 Å². The normalized spacial score (nSPS) is 27.3. The van der Waals surface area contributed by atoms with Crippen LogP contribution in [0.5, 0.6) is 0 Å². The van der Waals surface area contributed by atoms with Crippen LogP contribution in [0.1, 0.15) is 39.0 Å². The largest absolute Gasteiger partial charge is 0.313 e. The molecule has 2 nitrogen and oxygen atoms in total. The van der Waals surface area contributed by atoms with Crippen LogP contribution in [0.3, 0.4) is 0 Å². The molecule has 1 unspecified atom stereocenters. The van der Waals surface area contributed by atoms with E-state index in [0.29, 0.717) is 0 Å². The molecule has 1 atom stereocenters. The molecule has 0 amide bonds. The molecule has 2 heteroatoms. The lowest BCUT2D eigenvalue weighted by Gasteiger charge is -2.16. The maximum absolute atomic E-state index is 3.55. The first-order chi connectivity index (χ1) is 7.38. The number of hydrogen-bond donors (Lipinski definition) is 1. The van der Waals surface area contributed by atoms with Gasteiger partial charge >= 0.3 is 0 Å². The van der Waals surface area contributed by atoms with Crippen molar-refractivity contribution in [1.29, 1.82) is 0 Å². The molecular weight excluding hydrogens is 184 g/mol. The minimum Gasteiger partial charge on any atom is -0.313 e. The van der Waals surface area contributed by atoms with Crippen molar-refractivity contribution in [2.75, 3.05) is 26.2 Å². The molecule has 0 aromatic carbocycles. The van der Waals surface area contributed by atoms with Crippen LogP contribution in [0.25, 0.3) is 0 Å². The van der Waals surface area contributed by atoms with Gasteiger partial charge in [0.15, 0.2) is 0 Å². The smallest absolute Gasteiger partial charge is 0.0207 e. The Bertz CT molecular complexity index is 223. The molecule has 0 saturated carbocycles. The minimum absolute atomic E-state index is 0.757. The number of allylic oxidation sites excluding steroid dienone is 1. The maximum Gasteiger partial charge on any atom is 0.0207 e. The van der Waals surface area contributed by atoms with Crippen LogP contribution in [0, 0.1) is 0 Å². The zero-order chi connectivity index (χ0) is 10.5. The van der Waals surface area contributed by atoms with Crippen LogP contribution in [-0.2, 0) is 0 Å². The van der Waals surface area contributed by atoms with Gasteiger partial charge in [-0.05, 0) is 45.2 Å². The van der Waals surface area contributed by atoms with E-state index in [-0.39, 0.29) is 0 Å². The highest BCUT2D eigenvalue weighted by atomic mass is 15.2. The molecular formula is C13H24N2. The third kappa shape index (κ3) is 3.32. The van der Waals surface area contributed by atoms with Crippen LogP contribution in [0.4, 0.5) is 0 Å². The summed E-state index contributed by atoms with van der Waals surface area (Å²) in [6.07, 6.45) is 9.21. The molecule has 2 rings (SSSR count). The van der Waals surface area contributed by atoms with Crippen LogP contribution in [-0.4, -0.2) is 37.1 Å². The highest BCUT2D eigenvalue weighted by molar-refractivity contribution is 5.07. The van der Waals surface area contributed by atoms with Crippen LogP contribution < -0.4 is 5.32 Å². The molecule has 2 aliphatic rings. The number of nitrogens with zero attached hydrogens (tertiary/aromatic N) is 1. The van der Waals surface area contributed by atoms with E-state index in [4.69, 9.17) is 0 Å². The highest BCUT2D eigenvalue weighted by Crippen LogP contribution is 2.21. The first-order valence-corrected chi connectivity index (χ1v) is 6.52. The standard InChI is InChI=1S/C13H24N2/c1-2-14-13-8-10-15(11-13)9-7-12-5-3-4-6-12/h5,13-14H,2-4,6-11H2,1H3. The van der Waals surface area contributed by atoms with Crippen LogP contribution >= 0.6 is 0 Å². The van der Waals surface area contributed by atoms with Crippen molar-refractivity contribution in [2.24, 2.45) is 0 Å². The van der Waals surface area contributed by atoms with E-state index in [9.17, 15) is 0 Å². The highest BCUT2D eigenvalue weighted by Gasteiger charge is 2.21. The predicted octanol–water partition coefficient (Wildman–Crippen LogP) is 2.17. The number of hydrogen-bond acceptors (Lipinski definition) is 2. The Morgan fingerprint density at radius 3 is 3.20 bits per heavy atom. The minimum atomic E-state index is 0.757. The fourth-order valence-electron chi connectivity index (χ4n) is 2.76. The van der Waals surface area contributed by atoms with E-state index < -0.39 is 0 Å². The zero-order valence-corrected chi connectivity index (χ0v) is 9.97. The van der Waals surface area contributed by atoms with Gasteiger partial charge in [-0.25, -0.2) is 0 Å². The average molecular weight is 208 g/mol. The molecule has 0 aromatic rings. The fourth-order valence-corrected chi connectivity index (χ4v) is 2.76. The number of rotatable bonds is 5. The predicted molar refractivity (Wildman–Crippen MR) is 65.1 cm³/mol. The third-order valence-corrected chi connectivity index (χ3v) is 3.65. The Labute approximate surface area is 93.7 Å². The molecule has 1 aliphatic carbocycles. The van der Waals surface area contributed by atoms with Gasteiger partial charge in [0.1, 0.15) is 0 Å². The Morgan fingerprint density at radius 1 is 1.53 bits per heavy atom. The molecule has 1 heterocycles. The second-order valence-corrected chi connectivity index (χ2v) is 4.85. The van der Waals surface area contributed by atoms with Gasteiger partial charge in [-0.2, -0.15) is 0 Å². The molecule has 0 spiro atoms. The summed E-state index contributed by atoms with van der Waals surface area (Å²) in [4.78, 5) is 2.62. The summed E-state index contributed by atoms with van der Waals surface area (Å²) < 4.78 is 0. The van der Waals surface area contributed by atoms with Crippen molar-refractivity contribution < 1.29 is 0 Å². The Morgan fingerprint density at radius 2 is 2.47 bits per heavy atom. The first-order valence-electron chi connectivity index (χ1n) is 6.52. The molecule has 1 fully saturated rings. The van der Waals surface area contributed by atoms with Crippen molar-refractivity contribution >= 4 is 0 Å². The van der Waals surface area contributed by atoms with Gasteiger partial charge < -0.3 is 10.2 Å². The Hall–Kier alpha value is -0.340. The monoisotopic (exact) mass is 208 g/mol. The Kier molecular flexibility index (Phi) is 4.21. The summed E-state index contributed by atoms with van der Waals surface area (Å²) in [5.41, 5.74) is 1.71. The molecule has 0 bridgehead atoms. The van der Waals surface area contributed by atoms with Crippen LogP contribution in [0.15, 0.2) is 11.6 Å². The summed E-state index contributed by atoms with van der Waals surface area (Å²) in [5, 5.41) is 3.55. The van der Waals surface area contributed by atoms with Crippen molar-refractivity contribution in [3.8, 4) is 0 Å². The summed E-state index contributed by atoms with van der Waals surface area (Å²) in [7, 11) is 0. The van der Waals surface area contributed by atoms with Crippen molar-refractivity contribution in [3.05, 3.63) is 11.6 Å². The van der Waals surface area contributed by atoms with E-state index in [2.05, 4.69) is 23.2 Å². The lowest BCUT2D eigenvalue weighted by atomic mass is 10.1. The molecule has 0 radical (unpaired) electrons. The van der Waals surface area contributed by atoms with Gasteiger partial charge in [-0.15, -0.1) is 0 Å². The van der Waals surface area contributed by atoms with E-state index in [0.717, 1.165) is 12.6 Å². The summed E-state index contributed by atoms with van der Waals surface area (Å²) in [6, 6.07) is 0.757. The first kappa shape index (κ1) is 11.2. The van der Waals surface area contributed by atoms with Crippen LogP contribution in [0.2, 0.25) is 0 Å². The fraction of sp³-hybridized carbons (Fsp3) is 0.846. The quantitative estimate of drug-likeness (QED) is 0.697. The number of nitrogens with one attached hydrogen (secondary N) is 1. The van der Waals surface area contributed by atoms with Gasteiger partial charge in [0.05, 0.1) is 0 Å². The van der Waals surface area contributed by atoms with Gasteiger partial charge in [0.2, 0.25) is 0 Å². The van der Waals surface area contributed by atoms with E-state index in [1.165, 1.54) is 51.7 Å². The zero-order valence-electron chi connectivity index (χ0n) is 9.97. The van der Waals surface area contributed by atoms with E-state index in [1.54, 1.807) is 5.57 Å². The molecule has 0 aromatic heterocycles. The summed E-state index contributed by atoms with van der Waals surface area (Å²) >= 11 is 0. The second kappa shape index (κ2) is 5.66. The van der Waals surface area contributed by atoms with Crippen molar-refractivity contribution in [3.63, 3.8) is 0 Å². The number of likely N-dealkylation sites (tertiary alicyclic amines) is 1.